The van der Waals surface area contributed by atoms with Gasteiger partial charge in [-0.1, -0.05) is 36.9 Å². The first-order valence-corrected chi connectivity index (χ1v) is 11.6. The lowest BCUT2D eigenvalue weighted by atomic mass is 9.94. The van der Waals surface area contributed by atoms with Gasteiger partial charge in [0.1, 0.15) is 11.6 Å². The molecule has 2 unspecified atom stereocenters. The van der Waals surface area contributed by atoms with E-state index in [-0.39, 0.29) is 18.0 Å². The smallest absolute Gasteiger partial charge is 0.314 e. The lowest BCUT2D eigenvalue weighted by Crippen LogP contribution is -2.32. The van der Waals surface area contributed by atoms with Crippen LogP contribution in [0.15, 0.2) is 70.7 Å². The summed E-state index contributed by atoms with van der Waals surface area (Å²) in [4.78, 5) is 19.1. The van der Waals surface area contributed by atoms with Crippen LogP contribution in [0.1, 0.15) is 37.6 Å². The molecule has 0 radical (unpaired) electrons. The molecule has 31 heavy (non-hydrogen) atoms. The molecule has 0 saturated carbocycles. The number of carbonyl (C=O) groups excluding carboxylic acids is 1. The third-order valence-electron chi connectivity index (χ3n) is 5.62. The topological polar surface area (TPSA) is 53.4 Å². The summed E-state index contributed by atoms with van der Waals surface area (Å²) in [5.74, 6) is 1.38. The van der Waals surface area contributed by atoms with E-state index in [0.717, 1.165) is 41.4 Å². The zero-order valence-electron chi connectivity index (χ0n) is 18.0. The quantitative estimate of drug-likeness (QED) is 0.361. The van der Waals surface area contributed by atoms with E-state index >= 15 is 0 Å². The van der Waals surface area contributed by atoms with Gasteiger partial charge in [0.15, 0.2) is 0 Å². The van der Waals surface area contributed by atoms with E-state index in [9.17, 15) is 4.79 Å². The van der Waals surface area contributed by atoms with Crippen molar-refractivity contribution in [2.75, 3.05) is 6.61 Å². The van der Waals surface area contributed by atoms with Crippen molar-refractivity contribution in [3.63, 3.8) is 0 Å². The highest BCUT2D eigenvalue weighted by Crippen LogP contribution is 2.31. The summed E-state index contributed by atoms with van der Waals surface area (Å²) in [6.45, 7) is 5.54. The fourth-order valence-corrected chi connectivity index (χ4v) is 4.61. The molecule has 1 aliphatic heterocycles. The third-order valence-corrected chi connectivity index (χ3v) is 6.61. The van der Waals surface area contributed by atoms with Crippen molar-refractivity contribution in [2.24, 2.45) is 5.92 Å². The monoisotopic (exact) mass is 436 g/mol. The standard InChI is InChI=1S/C25H28N2O3S/c1-3-21-15-20(11-14-29-21)25(28)30-22-5-4-6-24(16-22)31-23-9-7-19(8-10-23)17-27-13-12-26-18(27)2/h4-10,12-13,16,20-21H,3,11,14-15,17H2,1-2H3. The van der Waals surface area contributed by atoms with Crippen LogP contribution in [0.4, 0.5) is 0 Å². The van der Waals surface area contributed by atoms with Crippen molar-refractivity contribution in [3.8, 4) is 5.75 Å². The van der Waals surface area contributed by atoms with E-state index in [0.29, 0.717) is 12.4 Å². The maximum absolute atomic E-state index is 12.6. The molecule has 1 fully saturated rings. The minimum Gasteiger partial charge on any atom is -0.426 e. The van der Waals surface area contributed by atoms with Gasteiger partial charge in [0.05, 0.1) is 12.0 Å². The second-order valence-electron chi connectivity index (χ2n) is 7.87. The number of esters is 1. The molecule has 1 aromatic heterocycles. The van der Waals surface area contributed by atoms with E-state index in [1.54, 1.807) is 11.8 Å². The predicted molar refractivity (Wildman–Crippen MR) is 121 cm³/mol. The van der Waals surface area contributed by atoms with E-state index in [1.165, 1.54) is 5.56 Å². The van der Waals surface area contributed by atoms with Crippen LogP contribution in [0.2, 0.25) is 0 Å². The Morgan fingerprint density at radius 3 is 2.81 bits per heavy atom. The molecular formula is C25H28N2O3S. The zero-order valence-corrected chi connectivity index (χ0v) is 18.8. The number of imidazole rings is 1. The Balaban J connectivity index is 1.36. The summed E-state index contributed by atoms with van der Waals surface area (Å²) in [6.07, 6.45) is 6.38. The average molecular weight is 437 g/mol. The molecule has 0 N–H and O–H groups in total. The van der Waals surface area contributed by atoms with Gasteiger partial charge in [-0.15, -0.1) is 0 Å². The van der Waals surface area contributed by atoms with Crippen molar-refractivity contribution in [3.05, 3.63) is 72.3 Å². The maximum Gasteiger partial charge on any atom is 0.314 e. The van der Waals surface area contributed by atoms with Gasteiger partial charge >= 0.3 is 5.97 Å². The summed E-state index contributed by atoms with van der Waals surface area (Å²) in [7, 11) is 0. The normalized spacial score (nSPS) is 18.6. The van der Waals surface area contributed by atoms with Crippen molar-refractivity contribution in [2.45, 2.75) is 55.5 Å². The van der Waals surface area contributed by atoms with Crippen molar-refractivity contribution < 1.29 is 14.3 Å². The first-order valence-electron chi connectivity index (χ1n) is 10.8. The van der Waals surface area contributed by atoms with Crippen molar-refractivity contribution in [1.29, 1.82) is 0 Å². The molecule has 1 saturated heterocycles. The molecule has 0 bridgehead atoms. The second-order valence-corrected chi connectivity index (χ2v) is 9.01. The molecule has 0 amide bonds. The Morgan fingerprint density at radius 1 is 1.23 bits per heavy atom. The van der Waals surface area contributed by atoms with Gasteiger partial charge in [0.25, 0.3) is 0 Å². The van der Waals surface area contributed by atoms with Crippen LogP contribution in [0.25, 0.3) is 0 Å². The van der Waals surface area contributed by atoms with E-state index in [1.807, 2.05) is 43.6 Å². The highest BCUT2D eigenvalue weighted by molar-refractivity contribution is 7.99. The zero-order chi connectivity index (χ0) is 21.6. The predicted octanol–water partition coefficient (Wildman–Crippen LogP) is 5.50. The number of carbonyl (C=O) groups is 1. The average Bonchev–Trinajstić information content (AvgIpc) is 3.19. The molecule has 1 aliphatic rings. The number of rotatable bonds is 7. The summed E-state index contributed by atoms with van der Waals surface area (Å²) >= 11 is 1.66. The van der Waals surface area contributed by atoms with Crippen LogP contribution >= 0.6 is 11.8 Å². The molecule has 162 valence electrons. The number of hydrogen-bond acceptors (Lipinski definition) is 5. The number of benzene rings is 2. The fourth-order valence-electron chi connectivity index (χ4n) is 3.75. The van der Waals surface area contributed by atoms with Gasteiger partial charge in [0, 0.05) is 35.3 Å². The lowest BCUT2D eigenvalue weighted by Gasteiger charge is -2.27. The molecule has 5 nitrogen and oxygen atoms in total. The van der Waals surface area contributed by atoms with Crippen LogP contribution in [0.3, 0.4) is 0 Å². The summed E-state index contributed by atoms with van der Waals surface area (Å²) in [6, 6.07) is 16.3. The van der Waals surface area contributed by atoms with Crippen molar-refractivity contribution in [1.82, 2.24) is 9.55 Å². The summed E-state index contributed by atoms with van der Waals surface area (Å²) < 4.78 is 13.5. The maximum atomic E-state index is 12.6. The lowest BCUT2D eigenvalue weighted by molar-refractivity contribution is -0.144. The fraction of sp³-hybridized carbons (Fsp3) is 0.360. The Kier molecular flexibility index (Phi) is 7.10. The minimum absolute atomic E-state index is 0.0818. The Hall–Kier alpha value is -2.57. The number of nitrogens with zero attached hydrogens (tertiary/aromatic N) is 2. The van der Waals surface area contributed by atoms with Crippen LogP contribution in [0, 0.1) is 12.8 Å². The van der Waals surface area contributed by atoms with E-state index in [2.05, 4.69) is 40.7 Å². The van der Waals surface area contributed by atoms with E-state index < -0.39 is 0 Å². The Labute approximate surface area is 187 Å². The number of aromatic nitrogens is 2. The van der Waals surface area contributed by atoms with Crippen LogP contribution in [-0.4, -0.2) is 28.2 Å². The summed E-state index contributed by atoms with van der Waals surface area (Å²) in [5.41, 5.74) is 1.23. The molecule has 4 rings (SSSR count). The first kappa shape index (κ1) is 21.7. The van der Waals surface area contributed by atoms with Gasteiger partial charge in [-0.3, -0.25) is 4.79 Å². The van der Waals surface area contributed by atoms with Crippen molar-refractivity contribution >= 4 is 17.7 Å². The molecule has 0 spiro atoms. The first-order chi connectivity index (χ1) is 15.1. The number of ether oxygens (including phenoxy) is 2. The van der Waals surface area contributed by atoms with Crippen LogP contribution in [-0.2, 0) is 16.1 Å². The van der Waals surface area contributed by atoms with Crippen LogP contribution in [0.5, 0.6) is 5.75 Å². The molecule has 0 aliphatic carbocycles. The minimum atomic E-state index is -0.150. The Morgan fingerprint density at radius 2 is 2.06 bits per heavy atom. The van der Waals surface area contributed by atoms with Gasteiger partial charge < -0.3 is 14.0 Å². The largest absolute Gasteiger partial charge is 0.426 e. The van der Waals surface area contributed by atoms with Gasteiger partial charge in [-0.05, 0) is 62.1 Å². The summed E-state index contributed by atoms with van der Waals surface area (Å²) in [5, 5.41) is 0. The highest BCUT2D eigenvalue weighted by Gasteiger charge is 2.28. The number of hydrogen-bond donors (Lipinski definition) is 0. The van der Waals surface area contributed by atoms with Gasteiger partial charge in [-0.2, -0.15) is 0 Å². The molecule has 2 heterocycles. The molecular weight excluding hydrogens is 408 g/mol. The number of aryl methyl sites for hydroxylation is 1. The van der Waals surface area contributed by atoms with E-state index in [4.69, 9.17) is 9.47 Å². The third kappa shape index (κ3) is 5.77. The van der Waals surface area contributed by atoms with Gasteiger partial charge in [-0.25, -0.2) is 4.98 Å². The van der Waals surface area contributed by atoms with Crippen LogP contribution < -0.4 is 4.74 Å². The highest BCUT2D eigenvalue weighted by atomic mass is 32.2. The molecule has 3 aromatic rings. The molecule has 6 heteroatoms. The SMILES string of the molecule is CCC1CC(C(=O)Oc2cccc(Sc3ccc(Cn4ccnc4C)cc3)c2)CCO1. The second kappa shape index (κ2) is 10.2. The Bertz CT molecular complexity index is 1020. The molecule has 2 aromatic carbocycles. The molecule has 2 atom stereocenters. The van der Waals surface area contributed by atoms with Gasteiger partial charge in [0.2, 0.25) is 0 Å².